The van der Waals surface area contributed by atoms with E-state index in [0.717, 1.165) is 30.5 Å². The topological polar surface area (TPSA) is 77.9 Å². The second-order valence-corrected chi connectivity index (χ2v) is 5.94. The number of nitrogens with one attached hydrogen (secondary N) is 3. The quantitative estimate of drug-likeness (QED) is 0.256. The molecule has 3 N–H and O–H groups in total. The standard InChI is InChI=1S/C20H17F5N4O/c1-2-18(30)29-11-13-10-28-17(9-15(13)16(26)7-8-27-19(21)22)12-3-5-14(6-4-12)20(23,24)25/h2-10,19,26-27H,1,11H2,(H,29,30)/b8-7-,26-16?. The Morgan fingerprint density at radius 3 is 2.47 bits per heavy atom. The zero-order valence-corrected chi connectivity index (χ0v) is 15.4. The Hall–Kier alpha value is -3.56. The van der Waals surface area contributed by atoms with Crippen LogP contribution in [0.4, 0.5) is 22.0 Å². The lowest BCUT2D eigenvalue weighted by Gasteiger charge is -2.12. The molecule has 2 rings (SSSR count). The van der Waals surface area contributed by atoms with Crippen LogP contribution in [0, 0.1) is 5.41 Å². The Kier molecular flexibility index (Phi) is 7.40. The number of carbonyl (C=O) groups is 1. The number of amides is 1. The van der Waals surface area contributed by atoms with Gasteiger partial charge in [0.1, 0.15) is 0 Å². The molecule has 30 heavy (non-hydrogen) atoms. The molecule has 2 aromatic rings. The number of hydrogen-bond acceptors (Lipinski definition) is 4. The summed E-state index contributed by atoms with van der Waals surface area (Å²) in [5, 5.41) is 12.4. The van der Waals surface area contributed by atoms with Gasteiger partial charge in [-0.2, -0.15) is 22.0 Å². The maximum Gasteiger partial charge on any atom is 0.416 e. The molecule has 1 aromatic carbocycles. The normalized spacial score (nSPS) is 11.5. The summed E-state index contributed by atoms with van der Waals surface area (Å²) in [6, 6.07) is 5.74. The van der Waals surface area contributed by atoms with E-state index < -0.39 is 24.2 Å². The van der Waals surface area contributed by atoms with Crippen LogP contribution in [-0.2, 0) is 17.5 Å². The van der Waals surface area contributed by atoms with Gasteiger partial charge < -0.3 is 16.0 Å². The van der Waals surface area contributed by atoms with Gasteiger partial charge in [-0.05, 0) is 35.9 Å². The van der Waals surface area contributed by atoms with Crippen LogP contribution in [0.3, 0.4) is 0 Å². The number of carbonyl (C=O) groups excluding carboxylic acids is 1. The van der Waals surface area contributed by atoms with Gasteiger partial charge >= 0.3 is 12.7 Å². The van der Waals surface area contributed by atoms with Crippen molar-refractivity contribution in [1.82, 2.24) is 15.6 Å². The highest BCUT2D eigenvalue weighted by Gasteiger charge is 2.30. The second-order valence-electron chi connectivity index (χ2n) is 5.94. The van der Waals surface area contributed by atoms with Crippen LogP contribution in [0.15, 0.2) is 61.5 Å². The van der Waals surface area contributed by atoms with Gasteiger partial charge in [-0.1, -0.05) is 18.7 Å². The summed E-state index contributed by atoms with van der Waals surface area (Å²) >= 11 is 0. The van der Waals surface area contributed by atoms with Crippen molar-refractivity contribution in [3.63, 3.8) is 0 Å². The third kappa shape index (κ3) is 6.23. The largest absolute Gasteiger partial charge is 0.416 e. The molecule has 0 radical (unpaired) electrons. The third-order valence-corrected chi connectivity index (χ3v) is 3.90. The maximum absolute atomic E-state index is 12.7. The van der Waals surface area contributed by atoms with Crippen molar-refractivity contribution in [2.45, 2.75) is 19.3 Å². The molecule has 1 heterocycles. The van der Waals surface area contributed by atoms with Crippen molar-refractivity contribution in [1.29, 1.82) is 5.41 Å². The molecule has 0 fully saturated rings. The Labute approximate surface area is 168 Å². The van der Waals surface area contributed by atoms with E-state index in [4.69, 9.17) is 5.41 Å². The number of hydrogen-bond donors (Lipinski definition) is 3. The van der Waals surface area contributed by atoms with E-state index in [2.05, 4.69) is 16.9 Å². The monoisotopic (exact) mass is 424 g/mol. The van der Waals surface area contributed by atoms with E-state index in [0.29, 0.717) is 11.1 Å². The molecule has 0 saturated carbocycles. The number of halogens is 5. The van der Waals surface area contributed by atoms with Crippen molar-refractivity contribution < 1.29 is 26.7 Å². The summed E-state index contributed by atoms with van der Waals surface area (Å²) < 4.78 is 62.7. The molecule has 0 unspecified atom stereocenters. The molecule has 5 nitrogen and oxygen atoms in total. The van der Waals surface area contributed by atoms with E-state index in [1.165, 1.54) is 24.4 Å². The van der Waals surface area contributed by atoms with Crippen molar-refractivity contribution in [3.05, 3.63) is 78.1 Å². The molecule has 0 saturated heterocycles. The Balaban J connectivity index is 2.39. The van der Waals surface area contributed by atoms with E-state index in [1.807, 2.05) is 0 Å². The summed E-state index contributed by atoms with van der Waals surface area (Å²) in [6.45, 7) is 0.505. The number of benzene rings is 1. The van der Waals surface area contributed by atoms with Crippen LogP contribution >= 0.6 is 0 Å². The van der Waals surface area contributed by atoms with Crippen LogP contribution in [-0.4, -0.2) is 23.2 Å². The molecule has 0 atom stereocenters. The molecule has 1 amide bonds. The predicted molar refractivity (Wildman–Crippen MR) is 102 cm³/mol. The first-order valence-corrected chi connectivity index (χ1v) is 8.48. The van der Waals surface area contributed by atoms with Crippen molar-refractivity contribution >= 4 is 11.6 Å². The fourth-order valence-corrected chi connectivity index (χ4v) is 2.41. The number of allylic oxidation sites excluding steroid dienone is 1. The van der Waals surface area contributed by atoms with E-state index in [1.54, 1.807) is 5.32 Å². The summed E-state index contributed by atoms with van der Waals surface area (Å²) in [4.78, 5) is 15.6. The van der Waals surface area contributed by atoms with E-state index in [-0.39, 0.29) is 23.5 Å². The number of alkyl halides is 5. The fourth-order valence-electron chi connectivity index (χ4n) is 2.41. The predicted octanol–water partition coefficient (Wildman–Crippen LogP) is 4.26. The number of rotatable bonds is 8. The van der Waals surface area contributed by atoms with Gasteiger partial charge in [0, 0.05) is 30.1 Å². The summed E-state index contributed by atoms with van der Waals surface area (Å²) in [7, 11) is 0. The first-order chi connectivity index (χ1) is 14.1. The van der Waals surface area contributed by atoms with Gasteiger partial charge in [-0.3, -0.25) is 9.78 Å². The Bertz CT molecular complexity index is 953. The Morgan fingerprint density at radius 1 is 1.23 bits per heavy atom. The van der Waals surface area contributed by atoms with Crippen LogP contribution < -0.4 is 10.6 Å². The highest BCUT2D eigenvalue weighted by molar-refractivity contribution is 6.08. The van der Waals surface area contributed by atoms with Gasteiger partial charge in [0.15, 0.2) is 0 Å². The van der Waals surface area contributed by atoms with E-state index >= 15 is 0 Å². The number of aromatic nitrogens is 1. The molecule has 10 heteroatoms. The molecule has 0 aliphatic carbocycles. The van der Waals surface area contributed by atoms with Crippen molar-refractivity contribution in [3.8, 4) is 11.3 Å². The number of nitrogens with zero attached hydrogens (tertiary/aromatic N) is 1. The summed E-state index contributed by atoms with van der Waals surface area (Å²) in [6.07, 6.45) is -0.0702. The molecular formula is C20H17F5N4O. The van der Waals surface area contributed by atoms with E-state index in [9.17, 15) is 26.7 Å². The minimum Gasteiger partial charge on any atom is -0.348 e. The fraction of sp³-hybridized carbons (Fsp3) is 0.150. The molecular weight excluding hydrogens is 407 g/mol. The van der Waals surface area contributed by atoms with Crippen molar-refractivity contribution in [2.75, 3.05) is 0 Å². The van der Waals surface area contributed by atoms with Gasteiger partial charge in [0.05, 0.1) is 17.0 Å². The SMILES string of the molecule is C=CC(=O)NCc1cnc(-c2ccc(C(F)(F)F)cc2)cc1C(=N)/C=C\NC(F)F. The third-order valence-electron chi connectivity index (χ3n) is 3.90. The molecule has 0 bridgehead atoms. The minimum atomic E-state index is -4.48. The maximum atomic E-state index is 12.7. The average Bonchev–Trinajstić information content (AvgIpc) is 2.71. The van der Waals surface area contributed by atoms with Gasteiger partial charge in [0.25, 0.3) is 0 Å². The first-order valence-electron chi connectivity index (χ1n) is 8.48. The summed E-state index contributed by atoms with van der Waals surface area (Å²) in [5.74, 6) is -0.464. The second kappa shape index (κ2) is 9.77. The van der Waals surface area contributed by atoms with Crippen LogP contribution in [0.2, 0.25) is 0 Å². The molecule has 158 valence electrons. The van der Waals surface area contributed by atoms with Gasteiger partial charge in [0.2, 0.25) is 5.91 Å². The highest BCUT2D eigenvalue weighted by atomic mass is 19.4. The average molecular weight is 424 g/mol. The molecule has 0 spiro atoms. The smallest absolute Gasteiger partial charge is 0.348 e. The van der Waals surface area contributed by atoms with Crippen LogP contribution in [0.25, 0.3) is 11.3 Å². The van der Waals surface area contributed by atoms with Gasteiger partial charge in [-0.25, -0.2) is 0 Å². The van der Waals surface area contributed by atoms with Gasteiger partial charge in [-0.15, -0.1) is 0 Å². The van der Waals surface area contributed by atoms with Crippen molar-refractivity contribution in [2.24, 2.45) is 0 Å². The zero-order chi connectivity index (χ0) is 22.3. The lowest BCUT2D eigenvalue weighted by molar-refractivity contribution is -0.137. The lowest BCUT2D eigenvalue weighted by Crippen LogP contribution is -2.21. The highest BCUT2D eigenvalue weighted by Crippen LogP contribution is 2.31. The molecule has 0 aliphatic rings. The Morgan fingerprint density at radius 2 is 1.90 bits per heavy atom. The zero-order valence-electron chi connectivity index (χ0n) is 15.4. The number of pyridine rings is 1. The summed E-state index contributed by atoms with van der Waals surface area (Å²) in [5.41, 5.74) is 0.334. The molecule has 0 aliphatic heterocycles. The lowest BCUT2D eigenvalue weighted by atomic mass is 10.0. The van der Waals surface area contributed by atoms with Crippen LogP contribution in [0.1, 0.15) is 16.7 Å². The minimum absolute atomic E-state index is 0.0149. The first kappa shape index (κ1) is 22.7. The molecule has 1 aromatic heterocycles. The van der Waals surface area contributed by atoms with Crippen LogP contribution in [0.5, 0.6) is 0 Å².